The van der Waals surface area contributed by atoms with Crippen LogP contribution in [0.4, 0.5) is 26.3 Å². The molecule has 0 saturated carbocycles. The fourth-order valence-electron chi connectivity index (χ4n) is 11.4. The van der Waals surface area contributed by atoms with Crippen molar-refractivity contribution in [3.05, 3.63) is 237 Å². The van der Waals surface area contributed by atoms with Crippen LogP contribution in [0.2, 0.25) is 0 Å². The summed E-state index contributed by atoms with van der Waals surface area (Å²) in [7, 11) is 0. The Bertz CT molecular complexity index is 4910. The van der Waals surface area contributed by atoms with Crippen molar-refractivity contribution in [1.29, 1.82) is 47.4 Å². The number of nitrogens with zero attached hydrogens (tertiary/aromatic N) is 11. The van der Waals surface area contributed by atoms with Gasteiger partial charge in [-0.2, -0.15) is 73.7 Å². The van der Waals surface area contributed by atoms with Gasteiger partial charge in [-0.25, -0.2) is 0 Å². The number of fused-ring (bicyclic) bond motifs is 6. The van der Waals surface area contributed by atoms with Crippen LogP contribution >= 0.6 is 0 Å². The smallest absolute Gasteiger partial charge is 0.308 e. The summed E-state index contributed by atoms with van der Waals surface area (Å²) in [5.74, 6) is 0. The minimum Gasteiger partial charge on any atom is -0.308 e. The maximum Gasteiger partial charge on any atom is 0.416 e. The number of benzene rings is 10. The minimum atomic E-state index is -5.30. The second-order valence-electron chi connectivity index (χ2n) is 20.3. The van der Waals surface area contributed by atoms with Gasteiger partial charge in [-0.3, -0.25) is 0 Å². The topological polar surface area (TPSA) is 224 Å². The number of alkyl halides is 6. The van der Waals surface area contributed by atoms with Crippen molar-refractivity contribution in [2.45, 2.75) is 12.4 Å². The third kappa shape index (κ3) is 9.30. The first-order valence-corrected chi connectivity index (χ1v) is 26.3. The molecule has 0 aliphatic rings. The van der Waals surface area contributed by atoms with Crippen molar-refractivity contribution in [3.8, 4) is 122 Å². The van der Waals surface area contributed by atoms with Crippen LogP contribution in [0.3, 0.4) is 0 Å². The SMILES string of the molecule is N#Cc1ccc(-c2ccc3c4ccc(-c5ccc(C#N)cc5C#N)cc4n(-c4cc(-c5cc(C(F)(F)F)cc(C(F)(F)F)c5)cc(-n5c6cc(-c7ccc(C#N)cc7C#N)ccc6c6ccc(-c7ccc(C#N)cc7C#N)cc65)c4C#N)c3c2)c(C#N)c1. The molecular formula is C71H29F6N11. The first-order chi connectivity index (χ1) is 42.4. The van der Waals surface area contributed by atoms with E-state index in [9.17, 15) is 47.4 Å². The van der Waals surface area contributed by atoms with Gasteiger partial charge in [-0.15, -0.1) is 0 Å². The summed E-state index contributed by atoms with van der Waals surface area (Å²) in [6.07, 6.45) is -10.6. The van der Waals surface area contributed by atoms with Crippen LogP contribution in [0.1, 0.15) is 61.2 Å². The van der Waals surface area contributed by atoms with E-state index in [0.717, 1.165) is 0 Å². The maximum atomic E-state index is 15.0. The van der Waals surface area contributed by atoms with Gasteiger partial charge in [0.05, 0.1) is 138 Å². The lowest BCUT2D eigenvalue weighted by molar-refractivity contribution is -0.143. The molecule has 12 aromatic rings. The molecule has 2 heterocycles. The van der Waals surface area contributed by atoms with Crippen LogP contribution in [0, 0.1) is 102 Å². The van der Waals surface area contributed by atoms with Gasteiger partial charge in [0.2, 0.25) is 0 Å². The lowest BCUT2D eigenvalue weighted by Crippen LogP contribution is -2.11. The third-order valence-electron chi connectivity index (χ3n) is 15.5. The third-order valence-corrected chi connectivity index (χ3v) is 15.5. The van der Waals surface area contributed by atoms with Crippen molar-refractivity contribution in [3.63, 3.8) is 0 Å². The van der Waals surface area contributed by atoms with Crippen molar-refractivity contribution in [2.24, 2.45) is 0 Å². The van der Waals surface area contributed by atoms with Gasteiger partial charge < -0.3 is 9.13 Å². The van der Waals surface area contributed by atoms with Gasteiger partial charge in [-0.1, -0.05) is 72.8 Å². The lowest BCUT2D eigenvalue weighted by atomic mass is 9.95. The molecule has 0 spiro atoms. The van der Waals surface area contributed by atoms with E-state index >= 15 is 26.3 Å². The Kier molecular flexibility index (Phi) is 13.3. The molecule has 0 unspecified atom stereocenters. The highest BCUT2D eigenvalue weighted by atomic mass is 19.4. The highest BCUT2D eigenvalue weighted by Gasteiger charge is 2.37. The summed E-state index contributed by atoms with van der Waals surface area (Å²) < 4.78 is 93.3. The van der Waals surface area contributed by atoms with E-state index in [4.69, 9.17) is 0 Å². The van der Waals surface area contributed by atoms with Gasteiger partial charge in [0.25, 0.3) is 0 Å². The molecule has 0 N–H and O–H groups in total. The Balaban J connectivity index is 1.28. The zero-order chi connectivity index (χ0) is 61.9. The average molecular weight is 1150 g/mol. The summed E-state index contributed by atoms with van der Waals surface area (Å²) >= 11 is 0. The first-order valence-electron chi connectivity index (χ1n) is 26.3. The second-order valence-corrected chi connectivity index (χ2v) is 20.3. The molecule has 0 atom stereocenters. The van der Waals surface area contributed by atoms with E-state index in [-0.39, 0.29) is 73.1 Å². The van der Waals surface area contributed by atoms with Crippen LogP contribution < -0.4 is 0 Å². The van der Waals surface area contributed by atoms with E-state index in [0.29, 0.717) is 100 Å². The second kappa shape index (κ2) is 21.2. The molecule has 10 aromatic carbocycles. The molecule has 2 aromatic heterocycles. The van der Waals surface area contributed by atoms with Gasteiger partial charge in [0, 0.05) is 21.5 Å². The Morgan fingerprint density at radius 3 is 0.773 bits per heavy atom. The van der Waals surface area contributed by atoms with Crippen LogP contribution in [0.5, 0.6) is 0 Å². The zero-order valence-corrected chi connectivity index (χ0v) is 44.9. The maximum absolute atomic E-state index is 15.0. The standard InChI is InChI=1S/C71H29F6N11/c72-70(73,74)53-21-47(22-54(29-53)71(75,76)77)48-27-68(87-64-23-43(55-9-1-39(30-78)17-49(55)34-82)5-13-59(64)60-14-6-44(24-65(60)87)56-10-2-40(31-79)18-50(56)35-83)63(38-86)69(28-48)88-66-25-45(57-11-3-41(32-80)19-51(57)36-84)7-15-61(66)62-16-8-46(26-67(62)88)58-12-4-42(33-81)20-52(58)37-85/h1-29H. The van der Waals surface area contributed by atoms with Crippen LogP contribution in [0.15, 0.2) is 176 Å². The number of aromatic nitrogens is 2. The molecule has 17 heteroatoms. The van der Waals surface area contributed by atoms with Gasteiger partial charge in [0.15, 0.2) is 0 Å². The zero-order valence-electron chi connectivity index (χ0n) is 44.9. The lowest BCUT2D eigenvalue weighted by Gasteiger charge is -2.20. The van der Waals surface area contributed by atoms with E-state index in [2.05, 4.69) is 30.3 Å². The fraction of sp³-hybridized carbons (Fsp3) is 0.0282. The Morgan fingerprint density at radius 1 is 0.261 bits per heavy atom. The van der Waals surface area contributed by atoms with Gasteiger partial charge in [-0.05, 0) is 159 Å². The molecule has 0 bridgehead atoms. The minimum absolute atomic E-state index is 0.00954. The van der Waals surface area contributed by atoms with E-state index < -0.39 is 29.0 Å². The molecule has 0 saturated heterocycles. The first kappa shape index (κ1) is 55.3. The number of rotatable bonds is 7. The Morgan fingerprint density at radius 2 is 0.534 bits per heavy atom. The molecule has 12 rings (SSSR count). The monoisotopic (exact) mass is 1150 g/mol. The summed E-state index contributed by atoms with van der Waals surface area (Å²) in [4.78, 5) is 0. The van der Waals surface area contributed by atoms with Crippen LogP contribution in [0.25, 0.3) is 111 Å². The molecule has 0 aliphatic carbocycles. The quantitative estimate of drug-likeness (QED) is 0.138. The van der Waals surface area contributed by atoms with E-state index in [1.807, 2.05) is 24.3 Å². The number of halogens is 6. The van der Waals surface area contributed by atoms with E-state index in [1.165, 1.54) is 60.7 Å². The summed E-state index contributed by atoms with van der Waals surface area (Å²) in [5.41, 5.74) is 1.44. The molecular weight excluding hydrogens is 1120 g/mol. The predicted molar refractivity (Wildman–Crippen MR) is 315 cm³/mol. The molecule has 0 amide bonds. The van der Waals surface area contributed by atoms with Crippen LogP contribution in [-0.2, 0) is 12.4 Å². The molecule has 0 radical (unpaired) electrons. The Hall–Kier alpha value is -13.2. The normalized spacial score (nSPS) is 11.2. The van der Waals surface area contributed by atoms with Gasteiger partial charge in [0.1, 0.15) is 11.6 Å². The predicted octanol–water partition coefficient (Wildman–Crippen LogP) is 17.1. The number of nitriles is 9. The van der Waals surface area contributed by atoms with Crippen molar-refractivity contribution in [2.75, 3.05) is 0 Å². The summed E-state index contributed by atoms with van der Waals surface area (Å²) in [6, 6.07) is 61.7. The molecule has 0 fully saturated rings. The number of hydrogen-bond acceptors (Lipinski definition) is 9. The molecule has 410 valence electrons. The highest BCUT2D eigenvalue weighted by Crippen LogP contribution is 2.46. The molecule has 0 aliphatic heterocycles. The fourth-order valence-corrected chi connectivity index (χ4v) is 11.4. The van der Waals surface area contributed by atoms with Crippen molar-refractivity contribution in [1.82, 2.24) is 9.13 Å². The Labute approximate surface area is 495 Å². The van der Waals surface area contributed by atoms with Gasteiger partial charge >= 0.3 is 12.4 Å². The summed E-state index contributed by atoms with van der Waals surface area (Å²) in [5, 5.41) is 94.8. The van der Waals surface area contributed by atoms with E-state index in [1.54, 1.807) is 106 Å². The highest BCUT2D eigenvalue weighted by molar-refractivity contribution is 6.14. The average Bonchev–Trinajstić information content (AvgIpc) is 1.72. The summed E-state index contributed by atoms with van der Waals surface area (Å²) in [6.45, 7) is 0. The van der Waals surface area contributed by atoms with Crippen LogP contribution in [-0.4, -0.2) is 9.13 Å². The molecule has 11 nitrogen and oxygen atoms in total. The number of hydrogen-bond donors (Lipinski definition) is 0. The van der Waals surface area contributed by atoms with Crippen molar-refractivity contribution < 1.29 is 26.3 Å². The van der Waals surface area contributed by atoms with Crippen molar-refractivity contribution >= 4 is 43.6 Å². The largest absolute Gasteiger partial charge is 0.416 e. The molecule has 88 heavy (non-hydrogen) atoms.